The van der Waals surface area contributed by atoms with E-state index < -0.39 is 17.3 Å². The van der Waals surface area contributed by atoms with Crippen molar-refractivity contribution in [3.05, 3.63) is 138 Å². The highest BCUT2D eigenvalue weighted by Crippen LogP contribution is 2.60. The topological polar surface area (TPSA) is 59.0 Å². The van der Waals surface area contributed by atoms with E-state index in [9.17, 15) is 9.59 Å². The van der Waals surface area contributed by atoms with E-state index in [0.717, 1.165) is 44.5 Å². The molecule has 1 heterocycles. The van der Waals surface area contributed by atoms with E-state index >= 15 is 0 Å². The molecule has 0 saturated carbocycles. The van der Waals surface area contributed by atoms with Crippen molar-refractivity contribution < 1.29 is 14.3 Å². The normalized spacial score (nSPS) is 23.7. The molecule has 5 nitrogen and oxygen atoms in total. The van der Waals surface area contributed by atoms with Gasteiger partial charge in [-0.1, -0.05) is 84.9 Å². The van der Waals surface area contributed by atoms with Crippen molar-refractivity contribution in [3.8, 4) is 5.75 Å². The van der Waals surface area contributed by atoms with Crippen LogP contribution >= 0.6 is 0 Å². The van der Waals surface area contributed by atoms with E-state index in [2.05, 4.69) is 36.4 Å². The Labute approximate surface area is 244 Å². The SMILES string of the molecule is CCOc1ccc(N=C[C@@]23c4ccc(cc4)[C@@H](c4ccccc42)[C@H]2C(=O)N(c4cccc5ccccc45)C(=O)[C@@H]23)cc1. The minimum atomic E-state index is -0.929. The van der Waals surface area contributed by atoms with Gasteiger partial charge >= 0.3 is 0 Å². The highest BCUT2D eigenvalue weighted by Gasteiger charge is 2.65. The summed E-state index contributed by atoms with van der Waals surface area (Å²) in [6, 6.07) is 38.1. The lowest BCUT2D eigenvalue weighted by molar-refractivity contribution is -0.122. The summed E-state index contributed by atoms with van der Waals surface area (Å²) < 4.78 is 5.62. The van der Waals surface area contributed by atoms with Crippen LogP contribution in [0.2, 0.25) is 0 Å². The first-order valence-corrected chi connectivity index (χ1v) is 14.5. The maximum Gasteiger partial charge on any atom is 0.239 e. The average Bonchev–Trinajstić information content (AvgIpc) is 3.27. The molecular formula is C37H28N2O3. The number of fused-ring (bicyclic) bond motifs is 1. The Kier molecular flexibility index (Phi) is 5.45. The average molecular weight is 549 g/mol. The Hall–Kier alpha value is -5.03. The monoisotopic (exact) mass is 548 g/mol. The number of nitrogens with zero attached hydrogens (tertiary/aromatic N) is 2. The minimum Gasteiger partial charge on any atom is -0.494 e. The predicted octanol–water partition coefficient (Wildman–Crippen LogP) is 7.19. The largest absolute Gasteiger partial charge is 0.494 e. The van der Waals surface area contributed by atoms with Crippen molar-refractivity contribution in [2.45, 2.75) is 18.3 Å². The fourth-order valence-corrected chi connectivity index (χ4v) is 7.54. The second-order valence-electron chi connectivity index (χ2n) is 11.3. The number of benzene rings is 5. The number of ether oxygens (including phenoxy) is 1. The van der Waals surface area contributed by atoms with Gasteiger partial charge in [0.1, 0.15) is 5.75 Å². The van der Waals surface area contributed by atoms with Crippen molar-refractivity contribution in [1.82, 2.24) is 0 Å². The lowest BCUT2D eigenvalue weighted by atomic mass is 9.52. The number of anilines is 1. The van der Waals surface area contributed by atoms with Crippen LogP contribution in [0.3, 0.4) is 0 Å². The maximum atomic E-state index is 14.8. The molecule has 5 aromatic rings. The van der Waals surface area contributed by atoms with Crippen LogP contribution in [0.4, 0.5) is 11.4 Å². The molecular weight excluding hydrogens is 520 g/mol. The first kappa shape index (κ1) is 24.7. The van der Waals surface area contributed by atoms with Crippen LogP contribution in [0, 0.1) is 11.8 Å². The first-order chi connectivity index (χ1) is 20.6. The van der Waals surface area contributed by atoms with Crippen molar-refractivity contribution in [2.24, 2.45) is 16.8 Å². The summed E-state index contributed by atoms with van der Waals surface area (Å²) in [7, 11) is 0. The quantitative estimate of drug-likeness (QED) is 0.173. The zero-order chi connectivity index (χ0) is 28.4. The zero-order valence-corrected chi connectivity index (χ0v) is 23.1. The van der Waals surface area contributed by atoms with E-state index in [0.29, 0.717) is 12.3 Å². The molecule has 0 spiro atoms. The molecule has 1 saturated heterocycles. The van der Waals surface area contributed by atoms with Gasteiger partial charge < -0.3 is 4.74 Å². The molecule has 1 aliphatic heterocycles. The van der Waals surface area contributed by atoms with E-state index in [1.807, 2.05) is 92.0 Å². The molecule has 5 aliphatic carbocycles. The molecule has 4 atom stereocenters. The summed E-state index contributed by atoms with van der Waals surface area (Å²) in [5, 5.41) is 1.88. The molecule has 4 bridgehead atoms. The summed E-state index contributed by atoms with van der Waals surface area (Å²) >= 11 is 0. The van der Waals surface area contributed by atoms with Crippen molar-refractivity contribution in [2.75, 3.05) is 11.5 Å². The van der Waals surface area contributed by atoms with Crippen LogP contribution in [-0.4, -0.2) is 24.6 Å². The highest BCUT2D eigenvalue weighted by atomic mass is 16.5. The van der Waals surface area contributed by atoms with Crippen molar-refractivity contribution in [1.29, 1.82) is 0 Å². The molecule has 0 aromatic heterocycles. The molecule has 1 fully saturated rings. The minimum absolute atomic E-state index is 0.151. The second kappa shape index (κ2) is 9.25. The summed E-state index contributed by atoms with van der Waals surface area (Å²) in [6.45, 7) is 2.54. The Balaban J connectivity index is 1.36. The number of hydrogen-bond acceptors (Lipinski definition) is 4. The Bertz CT molecular complexity index is 1910. The molecule has 5 heteroatoms. The lowest BCUT2D eigenvalue weighted by Gasteiger charge is -2.48. The van der Waals surface area contributed by atoms with E-state index in [1.165, 1.54) is 4.90 Å². The lowest BCUT2D eigenvalue weighted by Crippen LogP contribution is -2.51. The summed E-state index contributed by atoms with van der Waals surface area (Å²) in [4.78, 5) is 35.9. The third-order valence-electron chi connectivity index (χ3n) is 9.26. The van der Waals surface area contributed by atoms with Crippen LogP contribution < -0.4 is 9.64 Å². The predicted molar refractivity (Wildman–Crippen MR) is 165 cm³/mol. The smallest absolute Gasteiger partial charge is 0.239 e. The summed E-state index contributed by atoms with van der Waals surface area (Å²) in [6.07, 6.45) is 1.92. The van der Waals surface area contributed by atoms with Crippen LogP contribution in [0.1, 0.15) is 35.1 Å². The van der Waals surface area contributed by atoms with Crippen LogP contribution in [0.25, 0.3) is 10.8 Å². The van der Waals surface area contributed by atoms with Gasteiger partial charge in [-0.15, -0.1) is 0 Å². The van der Waals surface area contributed by atoms with Gasteiger partial charge in [-0.25, -0.2) is 4.90 Å². The third-order valence-corrected chi connectivity index (χ3v) is 9.26. The second-order valence-corrected chi connectivity index (χ2v) is 11.3. The molecule has 204 valence electrons. The van der Waals surface area contributed by atoms with Crippen LogP contribution in [-0.2, 0) is 15.0 Å². The van der Waals surface area contributed by atoms with Gasteiger partial charge in [0.15, 0.2) is 0 Å². The number of carbonyl (C=O) groups excluding carboxylic acids is 2. The van der Waals surface area contributed by atoms with E-state index in [1.54, 1.807) is 0 Å². The number of hydrogen-bond donors (Lipinski definition) is 0. The molecule has 0 unspecified atom stereocenters. The van der Waals surface area contributed by atoms with Gasteiger partial charge in [0, 0.05) is 17.5 Å². The fraction of sp³-hybridized carbons (Fsp3) is 0.162. The maximum absolute atomic E-state index is 14.8. The molecule has 42 heavy (non-hydrogen) atoms. The van der Waals surface area contributed by atoms with Crippen LogP contribution in [0.15, 0.2) is 120 Å². The van der Waals surface area contributed by atoms with E-state index in [4.69, 9.17) is 9.73 Å². The number of rotatable bonds is 5. The standard InChI is InChI=1S/C37H28N2O3/c1-2-42-27-20-18-26(19-21-27)38-22-37-25-16-14-24(15-17-25)32(29-11-5-6-12-30(29)37)33-34(37)36(41)39(35(33)40)31-13-7-9-23-8-3-4-10-28(23)31/h3-22,32-34H,2H2,1H3/t32-,33+,34+,37+/m0/s1. The van der Waals surface area contributed by atoms with Gasteiger partial charge in [0.05, 0.1) is 35.2 Å². The Morgan fingerprint density at radius 3 is 2.36 bits per heavy atom. The van der Waals surface area contributed by atoms with Gasteiger partial charge in [0.25, 0.3) is 0 Å². The molecule has 6 aliphatic rings. The van der Waals surface area contributed by atoms with Gasteiger partial charge in [0.2, 0.25) is 11.8 Å². The zero-order valence-electron chi connectivity index (χ0n) is 23.1. The third kappa shape index (κ3) is 3.34. The number of imide groups is 1. The van der Waals surface area contributed by atoms with Crippen molar-refractivity contribution in [3.63, 3.8) is 0 Å². The van der Waals surface area contributed by atoms with Gasteiger partial charge in [-0.05, 0) is 64.9 Å². The molecule has 5 aromatic carbocycles. The van der Waals surface area contributed by atoms with Gasteiger partial charge in [-0.3, -0.25) is 14.6 Å². The highest BCUT2D eigenvalue weighted by molar-refractivity contribution is 6.27. The number of aliphatic imine (C=N–C) groups is 1. The molecule has 0 N–H and O–H groups in total. The molecule has 11 rings (SSSR count). The fourth-order valence-electron chi connectivity index (χ4n) is 7.54. The Morgan fingerprint density at radius 2 is 1.55 bits per heavy atom. The Morgan fingerprint density at radius 1 is 0.810 bits per heavy atom. The summed E-state index contributed by atoms with van der Waals surface area (Å²) in [5.74, 6) is -0.981. The van der Waals surface area contributed by atoms with Gasteiger partial charge in [-0.2, -0.15) is 0 Å². The molecule has 0 radical (unpaired) electrons. The van der Waals surface area contributed by atoms with E-state index in [-0.39, 0.29) is 17.7 Å². The molecule has 2 amide bonds. The number of amides is 2. The first-order valence-electron chi connectivity index (χ1n) is 14.5. The summed E-state index contributed by atoms with van der Waals surface area (Å²) in [5.41, 5.74) is 4.60. The van der Waals surface area contributed by atoms with Crippen molar-refractivity contribution >= 4 is 40.2 Å². The van der Waals surface area contributed by atoms with Crippen LogP contribution in [0.5, 0.6) is 5.75 Å². The number of carbonyl (C=O) groups is 2.